The number of nitrogens with zero attached hydrogens (tertiary/aromatic N) is 1. The van der Waals surface area contributed by atoms with Gasteiger partial charge in [0.15, 0.2) is 0 Å². The highest BCUT2D eigenvalue weighted by molar-refractivity contribution is 6.31. The van der Waals surface area contributed by atoms with Crippen molar-refractivity contribution in [2.75, 3.05) is 19.5 Å². The lowest BCUT2D eigenvalue weighted by molar-refractivity contribution is -0.126. The Morgan fingerprint density at radius 3 is 2.56 bits per heavy atom. The Balaban J connectivity index is 1.89. The quantitative estimate of drug-likeness (QED) is 0.432. The number of methoxy groups -OCH3 is 2. The van der Waals surface area contributed by atoms with E-state index < -0.39 is 11.8 Å². The van der Waals surface area contributed by atoms with Crippen molar-refractivity contribution in [3.05, 3.63) is 52.5 Å². The fourth-order valence-corrected chi connectivity index (χ4v) is 2.34. The molecular weight excluding hydrogens is 370 g/mol. The van der Waals surface area contributed by atoms with Crippen molar-refractivity contribution in [2.45, 2.75) is 13.3 Å². The second kappa shape index (κ2) is 9.59. The number of aryl methyl sites for hydroxylation is 1. The molecule has 0 bridgehead atoms. The van der Waals surface area contributed by atoms with Gasteiger partial charge in [-0.25, -0.2) is 5.43 Å². The maximum atomic E-state index is 11.9. The average molecular weight is 390 g/mol. The summed E-state index contributed by atoms with van der Waals surface area (Å²) in [7, 11) is 3.07. The summed E-state index contributed by atoms with van der Waals surface area (Å²) in [5.41, 5.74) is 4.38. The maximum Gasteiger partial charge on any atom is 0.249 e. The molecule has 2 rings (SSSR count). The van der Waals surface area contributed by atoms with E-state index in [0.717, 1.165) is 5.56 Å². The third-order valence-corrected chi connectivity index (χ3v) is 4.02. The Morgan fingerprint density at radius 1 is 1.11 bits per heavy atom. The van der Waals surface area contributed by atoms with Gasteiger partial charge in [-0.2, -0.15) is 5.10 Å². The smallest absolute Gasteiger partial charge is 0.249 e. The van der Waals surface area contributed by atoms with E-state index in [0.29, 0.717) is 27.8 Å². The number of hydrazone groups is 1. The second-order valence-corrected chi connectivity index (χ2v) is 6.00. The molecule has 0 spiro atoms. The number of hydrogen-bond donors (Lipinski definition) is 2. The number of amides is 2. The lowest BCUT2D eigenvalue weighted by Gasteiger charge is -2.07. The van der Waals surface area contributed by atoms with Crippen molar-refractivity contribution in [1.29, 1.82) is 0 Å². The van der Waals surface area contributed by atoms with Crippen LogP contribution in [0.4, 0.5) is 5.69 Å². The predicted octanol–water partition coefficient (Wildman–Crippen LogP) is 3.14. The number of ether oxygens (including phenoxy) is 2. The lowest BCUT2D eigenvalue weighted by atomic mass is 10.2. The van der Waals surface area contributed by atoms with Crippen molar-refractivity contribution >= 4 is 35.3 Å². The van der Waals surface area contributed by atoms with Gasteiger partial charge >= 0.3 is 0 Å². The Bertz CT molecular complexity index is 868. The van der Waals surface area contributed by atoms with Crippen LogP contribution in [0.1, 0.15) is 17.5 Å². The third kappa shape index (κ3) is 6.00. The van der Waals surface area contributed by atoms with Crippen molar-refractivity contribution in [2.24, 2.45) is 5.10 Å². The number of benzene rings is 2. The van der Waals surface area contributed by atoms with Gasteiger partial charge < -0.3 is 14.8 Å². The zero-order valence-electron chi connectivity index (χ0n) is 15.2. The molecule has 0 unspecified atom stereocenters. The van der Waals surface area contributed by atoms with Crippen LogP contribution in [0.3, 0.4) is 0 Å². The highest BCUT2D eigenvalue weighted by Gasteiger charge is 2.10. The molecule has 8 heteroatoms. The fourth-order valence-electron chi connectivity index (χ4n) is 2.16. The molecule has 0 radical (unpaired) electrons. The van der Waals surface area contributed by atoms with Gasteiger partial charge in [-0.3, -0.25) is 9.59 Å². The van der Waals surface area contributed by atoms with Crippen LogP contribution in [0.15, 0.2) is 41.5 Å². The Kier molecular flexibility index (Phi) is 7.19. The molecule has 2 aromatic carbocycles. The Morgan fingerprint density at radius 2 is 1.89 bits per heavy atom. The topological polar surface area (TPSA) is 89.0 Å². The van der Waals surface area contributed by atoms with Crippen molar-refractivity contribution < 1.29 is 19.1 Å². The predicted molar refractivity (Wildman–Crippen MR) is 105 cm³/mol. The standard InChI is InChI=1S/C19H20ClN3O4/c1-12-4-6-14(8-16(12)20)22-18(24)10-19(25)23-21-11-13-5-7-15(26-2)9-17(13)27-3/h4-9,11H,10H2,1-3H3,(H,22,24)(H,23,25). The summed E-state index contributed by atoms with van der Waals surface area (Å²) in [6, 6.07) is 10.3. The van der Waals surface area contributed by atoms with Gasteiger partial charge in [0.2, 0.25) is 11.8 Å². The average Bonchev–Trinajstić information content (AvgIpc) is 2.64. The highest BCUT2D eigenvalue weighted by Crippen LogP contribution is 2.23. The van der Waals surface area contributed by atoms with E-state index in [1.165, 1.54) is 13.3 Å². The second-order valence-electron chi connectivity index (χ2n) is 5.59. The minimum Gasteiger partial charge on any atom is -0.497 e. The summed E-state index contributed by atoms with van der Waals surface area (Å²) in [4.78, 5) is 23.8. The molecule has 0 atom stereocenters. The normalized spacial score (nSPS) is 10.5. The number of anilines is 1. The number of carbonyl (C=O) groups is 2. The lowest BCUT2D eigenvalue weighted by Crippen LogP contribution is -2.24. The SMILES string of the molecule is COc1ccc(C=NNC(=O)CC(=O)Nc2ccc(C)c(Cl)c2)c(OC)c1. The van der Waals surface area contributed by atoms with Gasteiger partial charge in [0.1, 0.15) is 17.9 Å². The fraction of sp³-hybridized carbons (Fsp3) is 0.211. The molecular formula is C19H20ClN3O4. The number of rotatable bonds is 7. The zero-order valence-corrected chi connectivity index (χ0v) is 16.0. The van der Waals surface area contributed by atoms with Gasteiger partial charge in [0, 0.05) is 22.3 Å². The minimum atomic E-state index is -0.547. The first-order chi connectivity index (χ1) is 12.9. The maximum absolute atomic E-state index is 11.9. The number of hydrogen-bond acceptors (Lipinski definition) is 5. The molecule has 0 aromatic heterocycles. The van der Waals surface area contributed by atoms with Crippen LogP contribution in [-0.4, -0.2) is 32.2 Å². The Labute approximate surface area is 162 Å². The monoisotopic (exact) mass is 389 g/mol. The van der Waals surface area contributed by atoms with Crippen LogP contribution in [0.5, 0.6) is 11.5 Å². The summed E-state index contributed by atoms with van der Waals surface area (Å²) >= 11 is 6.01. The van der Waals surface area contributed by atoms with Gasteiger partial charge in [-0.1, -0.05) is 17.7 Å². The van der Waals surface area contributed by atoms with Crippen LogP contribution >= 0.6 is 11.6 Å². The summed E-state index contributed by atoms with van der Waals surface area (Å²) < 4.78 is 10.3. The van der Waals surface area contributed by atoms with Crippen LogP contribution in [0.2, 0.25) is 5.02 Å². The minimum absolute atomic E-state index is 0.372. The summed E-state index contributed by atoms with van der Waals surface area (Å²) in [5, 5.41) is 6.99. The number of carbonyl (C=O) groups excluding carboxylic acids is 2. The molecule has 7 nitrogen and oxygen atoms in total. The molecule has 2 aromatic rings. The van der Waals surface area contributed by atoms with Gasteiger partial charge in [-0.05, 0) is 36.8 Å². The highest BCUT2D eigenvalue weighted by atomic mass is 35.5. The van der Waals surface area contributed by atoms with Crippen LogP contribution in [0, 0.1) is 6.92 Å². The first-order valence-electron chi connectivity index (χ1n) is 8.03. The first-order valence-corrected chi connectivity index (χ1v) is 8.40. The van der Waals surface area contributed by atoms with E-state index in [2.05, 4.69) is 15.8 Å². The first kappa shape index (κ1) is 20.3. The zero-order chi connectivity index (χ0) is 19.8. The number of nitrogens with one attached hydrogen (secondary N) is 2. The van der Waals surface area contributed by atoms with Gasteiger partial charge in [-0.15, -0.1) is 0 Å². The van der Waals surface area contributed by atoms with E-state index >= 15 is 0 Å². The largest absolute Gasteiger partial charge is 0.497 e. The molecule has 2 amide bonds. The molecule has 0 fully saturated rings. The Hall–Kier alpha value is -3.06. The molecule has 142 valence electrons. The van der Waals surface area contributed by atoms with E-state index in [1.54, 1.807) is 43.5 Å². The molecule has 0 aliphatic heterocycles. The van der Waals surface area contributed by atoms with E-state index in [9.17, 15) is 9.59 Å². The van der Waals surface area contributed by atoms with Gasteiger partial charge in [0.25, 0.3) is 0 Å². The number of halogens is 1. The molecule has 0 aliphatic rings. The molecule has 2 N–H and O–H groups in total. The third-order valence-electron chi connectivity index (χ3n) is 3.61. The summed E-state index contributed by atoms with van der Waals surface area (Å²) in [6.07, 6.45) is 1.05. The van der Waals surface area contributed by atoms with Crippen LogP contribution < -0.4 is 20.2 Å². The molecule has 0 saturated carbocycles. The van der Waals surface area contributed by atoms with Crippen molar-refractivity contribution in [3.63, 3.8) is 0 Å². The van der Waals surface area contributed by atoms with Crippen molar-refractivity contribution in [3.8, 4) is 11.5 Å². The van der Waals surface area contributed by atoms with Crippen LogP contribution in [-0.2, 0) is 9.59 Å². The van der Waals surface area contributed by atoms with Crippen LogP contribution in [0.25, 0.3) is 0 Å². The molecule has 0 heterocycles. The van der Waals surface area contributed by atoms with Crippen molar-refractivity contribution in [1.82, 2.24) is 5.43 Å². The molecule has 0 aliphatic carbocycles. The van der Waals surface area contributed by atoms with E-state index in [1.807, 2.05) is 6.92 Å². The van der Waals surface area contributed by atoms with Gasteiger partial charge in [0.05, 0.1) is 20.4 Å². The molecule has 0 saturated heterocycles. The molecule has 27 heavy (non-hydrogen) atoms. The van der Waals surface area contributed by atoms with E-state index in [4.69, 9.17) is 21.1 Å². The summed E-state index contributed by atoms with van der Waals surface area (Å²) in [6.45, 7) is 1.86. The van der Waals surface area contributed by atoms with E-state index in [-0.39, 0.29) is 6.42 Å². The summed E-state index contributed by atoms with van der Waals surface area (Å²) in [5.74, 6) is 0.168.